The Labute approximate surface area is 147 Å². The predicted octanol–water partition coefficient (Wildman–Crippen LogP) is 2.85. The summed E-state index contributed by atoms with van der Waals surface area (Å²) in [4.78, 5) is 0. The van der Waals surface area contributed by atoms with E-state index in [-0.39, 0.29) is 6.10 Å². The van der Waals surface area contributed by atoms with E-state index in [2.05, 4.69) is 46.0 Å². The third-order valence-electron chi connectivity index (χ3n) is 4.75. The number of nitrogens with one attached hydrogen (secondary N) is 1. The minimum absolute atomic E-state index is 0.111. The van der Waals surface area contributed by atoms with Crippen molar-refractivity contribution in [3.63, 3.8) is 0 Å². The molecule has 1 aliphatic heterocycles. The van der Waals surface area contributed by atoms with Crippen LogP contribution in [0.5, 0.6) is 0 Å². The van der Waals surface area contributed by atoms with E-state index in [0.717, 1.165) is 37.5 Å². The average molecular weight is 337 g/mol. The molecule has 1 N–H and O–H groups in total. The standard InChI is InChI=1S/C19H23N5O/c1-23-18(7-9-21-23)19-16(8-10-25-19)11-20-17-12-22-24(14-17)13-15-5-3-2-4-6-15/h2-7,9,12,14,16,19-20H,8,10-11,13H2,1H3/t16-,19+/m0/s1. The van der Waals surface area contributed by atoms with Crippen LogP contribution in [0.3, 0.4) is 0 Å². The summed E-state index contributed by atoms with van der Waals surface area (Å²) < 4.78 is 9.81. The highest BCUT2D eigenvalue weighted by Crippen LogP contribution is 2.34. The summed E-state index contributed by atoms with van der Waals surface area (Å²) in [5.74, 6) is 0.438. The third-order valence-corrected chi connectivity index (χ3v) is 4.75. The summed E-state index contributed by atoms with van der Waals surface area (Å²) in [6.07, 6.45) is 6.94. The number of nitrogens with zero attached hydrogens (tertiary/aromatic N) is 4. The van der Waals surface area contributed by atoms with Crippen molar-refractivity contribution in [2.75, 3.05) is 18.5 Å². The molecule has 2 atom stereocenters. The largest absolute Gasteiger partial charge is 0.382 e. The molecule has 4 rings (SSSR count). The van der Waals surface area contributed by atoms with Crippen molar-refractivity contribution in [1.29, 1.82) is 0 Å². The van der Waals surface area contributed by atoms with Crippen LogP contribution in [-0.2, 0) is 18.3 Å². The van der Waals surface area contributed by atoms with Crippen LogP contribution in [0, 0.1) is 5.92 Å². The second kappa shape index (κ2) is 7.11. The maximum Gasteiger partial charge on any atom is 0.104 e. The lowest BCUT2D eigenvalue weighted by molar-refractivity contribution is 0.0866. The first-order valence-electron chi connectivity index (χ1n) is 8.69. The maximum atomic E-state index is 5.94. The van der Waals surface area contributed by atoms with Gasteiger partial charge in [0.15, 0.2) is 0 Å². The molecule has 25 heavy (non-hydrogen) atoms. The van der Waals surface area contributed by atoms with E-state index >= 15 is 0 Å². The molecule has 130 valence electrons. The van der Waals surface area contributed by atoms with Gasteiger partial charge in [0.05, 0.1) is 24.1 Å². The van der Waals surface area contributed by atoms with Crippen molar-refractivity contribution in [2.24, 2.45) is 13.0 Å². The SMILES string of the molecule is Cn1nccc1[C@@H]1OCC[C@H]1CNc1cnn(Cc2ccccc2)c1. The van der Waals surface area contributed by atoms with E-state index < -0.39 is 0 Å². The number of hydrogen-bond acceptors (Lipinski definition) is 4. The fourth-order valence-corrected chi connectivity index (χ4v) is 3.39. The molecule has 3 heterocycles. The van der Waals surface area contributed by atoms with Crippen LogP contribution in [0.4, 0.5) is 5.69 Å². The topological polar surface area (TPSA) is 56.9 Å². The minimum Gasteiger partial charge on any atom is -0.382 e. The van der Waals surface area contributed by atoms with Gasteiger partial charge < -0.3 is 10.1 Å². The number of anilines is 1. The molecule has 2 aromatic heterocycles. The number of ether oxygens (including phenoxy) is 1. The maximum absolute atomic E-state index is 5.94. The highest BCUT2D eigenvalue weighted by Gasteiger charge is 2.31. The Bertz CT molecular complexity index is 810. The predicted molar refractivity (Wildman–Crippen MR) is 96.3 cm³/mol. The van der Waals surface area contributed by atoms with Gasteiger partial charge in [-0.2, -0.15) is 10.2 Å². The van der Waals surface area contributed by atoms with E-state index in [1.54, 1.807) is 0 Å². The molecule has 0 aliphatic carbocycles. The van der Waals surface area contributed by atoms with Gasteiger partial charge in [0.1, 0.15) is 6.10 Å². The van der Waals surface area contributed by atoms with Crippen LogP contribution >= 0.6 is 0 Å². The van der Waals surface area contributed by atoms with E-state index in [9.17, 15) is 0 Å². The van der Waals surface area contributed by atoms with Gasteiger partial charge in [-0.1, -0.05) is 30.3 Å². The van der Waals surface area contributed by atoms with Crippen molar-refractivity contribution >= 4 is 5.69 Å². The summed E-state index contributed by atoms with van der Waals surface area (Å²) in [5, 5.41) is 12.2. The van der Waals surface area contributed by atoms with Gasteiger partial charge in [0.25, 0.3) is 0 Å². The number of hydrogen-bond donors (Lipinski definition) is 1. The summed E-state index contributed by atoms with van der Waals surface area (Å²) >= 11 is 0. The smallest absolute Gasteiger partial charge is 0.104 e. The molecule has 1 aliphatic rings. The van der Waals surface area contributed by atoms with Crippen LogP contribution in [0.15, 0.2) is 55.0 Å². The summed E-state index contributed by atoms with van der Waals surface area (Å²) in [5.41, 5.74) is 3.44. The minimum atomic E-state index is 0.111. The Balaban J connectivity index is 1.36. The normalized spacial score (nSPS) is 20.0. The first-order valence-corrected chi connectivity index (χ1v) is 8.69. The molecule has 6 nitrogen and oxygen atoms in total. The van der Waals surface area contributed by atoms with Crippen LogP contribution in [0.25, 0.3) is 0 Å². The molecule has 1 saturated heterocycles. The lowest BCUT2D eigenvalue weighted by atomic mass is 9.99. The van der Waals surface area contributed by atoms with Crippen molar-refractivity contribution in [1.82, 2.24) is 19.6 Å². The van der Waals surface area contributed by atoms with Crippen LogP contribution < -0.4 is 5.32 Å². The van der Waals surface area contributed by atoms with Gasteiger partial charge in [-0.05, 0) is 18.1 Å². The van der Waals surface area contributed by atoms with Crippen molar-refractivity contribution in [3.8, 4) is 0 Å². The Morgan fingerprint density at radius 1 is 1.20 bits per heavy atom. The molecule has 6 heteroatoms. The molecule has 0 saturated carbocycles. The first kappa shape index (κ1) is 15.9. The molecule has 0 bridgehead atoms. The van der Waals surface area contributed by atoms with E-state index in [1.807, 2.05) is 40.9 Å². The molecule has 1 aromatic carbocycles. The highest BCUT2D eigenvalue weighted by molar-refractivity contribution is 5.38. The fraction of sp³-hybridized carbons (Fsp3) is 0.368. The number of rotatable bonds is 6. The first-order chi connectivity index (χ1) is 12.3. The van der Waals surface area contributed by atoms with Crippen molar-refractivity contribution in [2.45, 2.75) is 19.1 Å². The Morgan fingerprint density at radius 2 is 2.08 bits per heavy atom. The second-order valence-corrected chi connectivity index (χ2v) is 6.51. The molecular weight excluding hydrogens is 314 g/mol. The van der Waals surface area contributed by atoms with Gasteiger partial charge >= 0.3 is 0 Å². The van der Waals surface area contributed by atoms with Gasteiger partial charge in [-0.15, -0.1) is 0 Å². The Hall–Kier alpha value is -2.60. The molecule has 0 radical (unpaired) electrons. The lowest BCUT2D eigenvalue weighted by Crippen LogP contribution is -2.19. The zero-order chi connectivity index (χ0) is 17.1. The Kier molecular flexibility index (Phi) is 4.52. The summed E-state index contributed by atoms with van der Waals surface area (Å²) in [6.45, 7) is 2.45. The Morgan fingerprint density at radius 3 is 2.88 bits per heavy atom. The van der Waals surface area contributed by atoms with E-state index in [4.69, 9.17) is 4.74 Å². The summed E-state index contributed by atoms with van der Waals surface area (Å²) in [6, 6.07) is 12.4. The molecule has 0 spiro atoms. The monoisotopic (exact) mass is 337 g/mol. The van der Waals surface area contributed by atoms with Gasteiger partial charge in [0, 0.05) is 38.5 Å². The van der Waals surface area contributed by atoms with Crippen LogP contribution in [-0.4, -0.2) is 32.7 Å². The zero-order valence-corrected chi connectivity index (χ0v) is 14.4. The number of aryl methyl sites for hydroxylation is 1. The zero-order valence-electron chi connectivity index (χ0n) is 14.4. The highest BCUT2D eigenvalue weighted by atomic mass is 16.5. The number of aromatic nitrogens is 4. The molecule has 1 fully saturated rings. The summed E-state index contributed by atoms with van der Waals surface area (Å²) in [7, 11) is 1.97. The fourth-order valence-electron chi connectivity index (χ4n) is 3.39. The van der Waals surface area contributed by atoms with Gasteiger partial charge in [-0.3, -0.25) is 9.36 Å². The van der Waals surface area contributed by atoms with Gasteiger partial charge in [-0.25, -0.2) is 0 Å². The van der Waals surface area contributed by atoms with Crippen molar-refractivity contribution in [3.05, 3.63) is 66.2 Å². The average Bonchev–Trinajstić information content (AvgIpc) is 3.35. The third kappa shape index (κ3) is 3.58. The second-order valence-electron chi connectivity index (χ2n) is 6.51. The van der Waals surface area contributed by atoms with Crippen LogP contribution in [0.2, 0.25) is 0 Å². The van der Waals surface area contributed by atoms with Gasteiger partial charge in [0.2, 0.25) is 0 Å². The van der Waals surface area contributed by atoms with Crippen LogP contribution in [0.1, 0.15) is 23.8 Å². The van der Waals surface area contributed by atoms with Crippen molar-refractivity contribution < 1.29 is 4.74 Å². The lowest BCUT2D eigenvalue weighted by Gasteiger charge is -2.19. The number of benzene rings is 1. The quantitative estimate of drug-likeness (QED) is 0.751. The molecule has 0 amide bonds. The van der Waals surface area contributed by atoms with E-state index in [1.165, 1.54) is 5.56 Å². The molecular formula is C19H23N5O. The molecule has 0 unspecified atom stereocenters. The molecule has 3 aromatic rings. The van der Waals surface area contributed by atoms with E-state index in [0.29, 0.717) is 5.92 Å².